The smallest absolute Gasteiger partial charge is 0.00933 e. The Balaban J connectivity index is 1.53. The molecule has 0 aromatic heterocycles. The van der Waals surface area contributed by atoms with Gasteiger partial charge in [0.1, 0.15) is 0 Å². The molecule has 6 aromatic carbocycles. The molecular weight excluding hydrogens is 553 g/mol. The zero-order valence-corrected chi connectivity index (χ0v) is 25.9. The summed E-state index contributed by atoms with van der Waals surface area (Å²) in [7, 11) is 0. The second-order valence-corrected chi connectivity index (χ2v) is 11.8. The van der Waals surface area contributed by atoms with Gasteiger partial charge in [-0.05, 0) is 90.9 Å². The highest BCUT2D eigenvalue weighted by atomic mass is 14.2. The van der Waals surface area contributed by atoms with Crippen molar-refractivity contribution in [2.24, 2.45) is 0 Å². The van der Waals surface area contributed by atoms with Crippen LogP contribution in [0.3, 0.4) is 0 Å². The molecule has 1 aliphatic carbocycles. The lowest BCUT2D eigenvalue weighted by Crippen LogP contribution is -1.99. The summed E-state index contributed by atoms with van der Waals surface area (Å²) in [5.41, 5.74) is 13.3. The molecule has 220 valence electrons. The van der Waals surface area contributed by atoms with E-state index in [4.69, 9.17) is 0 Å². The Bertz CT molecular complexity index is 2130. The number of benzene rings is 5. The lowest BCUT2D eigenvalue weighted by atomic mass is 9.86. The lowest BCUT2D eigenvalue weighted by Gasteiger charge is -2.18. The first-order valence-corrected chi connectivity index (χ1v) is 16.0. The molecule has 0 atom stereocenters. The van der Waals surface area contributed by atoms with Gasteiger partial charge < -0.3 is 0 Å². The molecule has 0 fully saturated rings. The van der Waals surface area contributed by atoms with Gasteiger partial charge in [-0.1, -0.05) is 183 Å². The third-order valence-electron chi connectivity index (χ3n) is 8.80. The van der Waals surface area contributed by atoms with Crippen LogP contribution in [-0.4, -0.2) is 0 Å². The molecule has 1 aliphatic rings. The Kier molecular flexibility index (Phi) is 8.52. The summed E-state index contributed by atoms with van der Waals surface area (Å²) in [5.74, 6) is 0. The van der Waals surface area contributed by atoms with Crippen LogP contribution < -0.4 is 0 Å². The molecule has 0 radical (unpaired) electrons. The summed E-state index contributed by atoms with van der Waals surface area (Å²) in [5, 5.41) is 2.39. The van der Waals surface area contributed by atoms with E-state index in [1.54, 1.807) is 0 Å². The number of aryl methyl sites for hydroxylation is 1. The van der Waals surface area contributed by atoms with Crippen LogP contribution >= 0.6 is 0 Å². The van der Waals surface area contributed by atoms with Crippen molar-refractivity contribution in [3.8, 4) is 22.3 Å². The normalized spacial score (nSPS) is 12.3. The van der Waals surface area contributed by atoms with E-state index in [2.05, 4.69) is 183 Å². The van der Waals surface area contributed by atoms with Gasteiger partial charge in [-0.25, -0.2) is 0 Å². The summed E-state index contributed by atoms with van der Waals surface area (Å²) in [6, 6.07) is 58.7. The lowest BCUT2D eigenvalue weighted by molar-refractivity contribution is 1.00. The zero-order chi connectivity index (χ0) is 31.1. The minimum absolute atomic E-state index is 0.966. The fourth-order valence-corrected chi connectivity index (χ4v) is 6.35. The van der Waals surface area contributed by atoms with Gasteiger partial charge in [0.2, 0.25) is 0 Å². The van der Waals surface area contributed by atoms with E-state index in [1.165, 1.54) is 55.3 Å². The van der Waals surface area contributed by atoms with Crippen molar-refractivity contribution < 1.29 is 0 Å². The maximum Gasteiger partial charge on any atom is -0.00933 e. The maximum atomic E-state index is 4.63. The van der Waals surface area contributed by atoms with Crippen molar-refractivity contribution in [3.63, 3.8) is 0 Å². The SMILES string of the molecule is C=C(/C=C\c1ccccc1)c1cccc(-c2ccccc2)ccc(C2=Cc3ccccc3CC2)c2ccc(-c3ccccc3)cc12. The van der Waals surface area contributed by atoms with Crippen LogP contribution in [-0.2, 0) is 6.42 Å². The summed E-state index contributed by atoms with van der Waals surface area (Å²) in [6.45, 7) is 4.63. The molecule has 0 heteroatoms. The average Bonchev–Trinajstić information content (AvgIpc) is 3.13. The van der Waals surface area contributed by atoms with Crippen LogP contribution in [0, 0.1) is 0 Å². The first-order valence-electron chi connectivity index (χ1n) is 16.0. The molecule has 0 bridgehead atoms. The minimum Gasteiger partial charge on any atom is -0.0911 e. The minimum atomic E-state index is 0.966. The fraction of sp³-hybridized carbons (Fsp3) is 0.0435. The Morgan fingerprint density at radius 1 is 0.500 bits per heavy atom. The van der Waals surface area contributed by atoms with Crippen LogP contribution in [0.1, 0.15) is 34.2 Å². The molecule has 0 saturated heterocycles. The van der Waals surface area contributed by atoms with E-state index < -0.39 is 0 Å². The van der Waals surface area contributed by atoms with Crippen molar-refractivity contribution in [1.82, 2.24) is 0 Å². The summed E-state index contributed by atoms with van der Waals surface area (Å²) in [4.78, 5) is 0. The number of hydrogen-bond acceptors (Lipinski definition) is 0. The molecule has 0 spiro atoms. The number of hydrogen-bond donors (Lipinski definition) is 0. The van der Waals surface area contributed by atoms with Gasteiger partial charge in [0, 0.05) is 0 Å². The van der Waals surface area contributed by atoms with Gasteiger partial charge in [0.25, 0.3) is 0 Å². The van der Waals surface area contributed by atoms with Crippen molar-refractivity contribution in [3.05, 3.63) is 204 Å². The van der Waals surface area contributed by atoms with Crippen LogP contribution in [0.4, 0.5) is 0 Å². The van der Waals surface area contributed by atoms with E-state index in [9.17, 15) is 0 Å². The Hall–Kier alpha value is -5.72. The van der Waals surface area contributed by atoms with Gasteiger partial charge in [-0.15, -0.1) is 0 Å². The molecule has 0 heterocycles. The van der Waals surface area contributed by atoms with E-state index in [0.717, 1.165) is 29.5 Å². The van der Waals surface area contributed by atoms with E-state index in [-0.39, 0.29) is 0 Å². The van der Waals surface area contributed by atoms with Gasteiger partial charge >= 0.3 is 0 Å². The van der Waals surface area contributed by atoms with Gasteiger partial charge in [-0.2, -0.15) is 0 Å². The fourth-order valence-electron chi connectivity index (χ4n) is 6.35. The van der Waals surface area contributed by atoms with Crippen LogP contribution in [0.2, 0.25) is 0 Å². The summed E-state index contributed by atoms with van der Waals surface area (Å²) < 4.78 is 0. The summed E-state index contributed by atoms with van der Waals surface area (Å²) >= 11 is 0. The monoisotopic (exact) mass is 588 g/mol. The molecular formula is C46H36. The molecule has 7 rings (SSSR count). The van der Waals surface area contributed by atoms with Crippen molar-refractivity contribution in [1.29, 1.82) is 0 Å². The second-order valence-electron chi connectivity index (χ2n) is 11.8. The van der Waals surface area contributed by atoms with Crippen molar-refractivity contribution in [2.45, 2.75) is 12.8 Å². The molecule has 0 unspecified atom stereocenters. The first kappa shape index (κ1) is 29.0. The van der Waals surface area contributed by atoms with Gasteiger partial charge in [-0.3, -0.25) is 0 Å². The largest absolute Gasteiger partial charge is 0.0911 e. The molecule has 0 N–H and O–H groups in total. The van der Waals surface area contributed by atoms with Crippen LogP contribution in [0.15, 0.2) is 176 Å². The van der Waals surface area contributed by atoms with Gasteiger partial charge in [0.15, 0.2) is 0 Å². The second kappa shape index (κ2) is 13.5. The van der Waals surface area contributed by atoms with Crippen molar-refractivity contribution >= 4 is 34.1 Å². The van der Waals surface area contributed by atoms with E-state index in [1.807, 2.05) is 6.07 Å². The topological polar surface area (TPSA) is 0 Å². The first-order chi connectivity index (χ1) is 22.7. The number of rotatable bonds is 6. The Labute approximate surface area is 272 Å². The molecule has 6 aromatic rings. The van der Waals surface area contributed by atoms with Gasteiger partial charge in [0.05, 0.1) is 0 Å². The Morgan fingerprint density at radius 2 is 1.11 bits per heavy atom. The molecule has 0 aliphatic heterocycles. The number of allylic oxidation sites excluding steroid dienone is 3. The quantitative estimate of drug-likeness (QED) is 0.170. The maximum absolute atomic E-state index is 4.63. The van der Waals surface area contributed by atoms with Crippen molar-refractivity contribution in [2.75, 3.05) is 0 Å². The molecule has 0 nitrogen and oxygen atoms in total. The predicted octanol–water partition coefficient (Wildman–Crippen LogP) is 12.5. The average molecular weight is 589 g/mol. The van der Waals surface area contributed by atoms with E-state index >= 15 is 0 Å². The molecule has 46 heavy (non-hydrogen) atoms. The number of fused-ring (bicyclic) bond motifs is 2. The molecule has 0 saturated carbocycles. The molecule has 0 amide bonds. The highest BCUT2D eigenvalue weighted by molar-refractivity contribution is 6.04. The highest BCUT2D eigenvalue weighted by Crippen LogP contribution is 2.37. The Morgan fingerprint density at radius 3 is 1.87 bits per heavy atom. The zero-order valence-electron chi connectivity index (χ0n) is 25.9. The summed E-state index contributed by atoms with van der Waals surface area (Å²) in [6.07, 6.45) is 8.71. The highest BCUT2D eigenvalue weighted by Gasteiger charge is 2.15. The third kappa shape index (κ3) is 6.39. The van der Waals surface area contributed by atoms with Crippen LogP contribution in [0.25, 0.3) is 56.3 Å². The van der Waals surface area contributed by atoms with Crippen LogP contribution in [0.5, 0.6) is 0 Å². The predicted molar refractivity (Wildman–Crippen MR) is 200 cm³/mol. The third-order valence-corrected chi connectivity index (χ3v) is 8.80. The van der Waals surface area contributed by atoms with E-state index in [0.29, 0.717) is 0 Å². The standard InChI is InChI=1S/C46H36/c1-34(24-25-35-14-5-2-6-15-35)43-23-13-22-38(36-16-7-3-8-17-36)28-30-44(42-27-26-39-20-11-12-21-40(39)32-42)45-31-29-41(33-46(43)45)37-18-9-4-10-19-37/h2-25,28-33H,1,26-27H2/b22-13?,23-13?,25-24-,30-28?,38-22?,38-28?,43-23?,44-30?,45-44?,46-43?.